The average molecular weight is 682 g/mol. The van der Waals surface area contributed by atoms with Crippen LogP contribution in [0.1, 0.15) is 45.2 Å². The first-order valence-corrected chi connectivity index (χ1v) is 19.1. The lowest BCUT2D eigenvalue weighted by Crippen LogP contribution is -2.45. The second kappa shape index (κ2) is 13.1. The van der Waals surface area contributed by atoms with Crippen molar-refractivity contribution in [2.45, 2.75) is 50.2 Å². The molecule has 6 rings (SSSR count). The van der Waals surface area contributed by atoms with E-state index in [2.05, 4.69) is 10.6 Å². The van der Waals surface area contributed by atoms with Gasteiger partial charge in [0.05, 0.1) is 18.3 Å². The Balaban J connectivity index is 1.36. The molecule has 0 aliphatic carbocycles. The smallest absolute Gasteiger partial charge is 0.264 e. The van der Waals surface area contributed by atoms with Gasteiger partial charge in [0.1, 0.15) is 0 Å². The number of aliphatic hydroxyl groups is 1. The molecule has 0 saturated carbocycles. The van der Waals surface area contributed by atoms with Crippen molar-refractivity contribution in [1.82, 2.24) is 0 Å². The van der Waals surface area contributed by atoms with E-state index in [1.165, 1.54) is 0 Å². The van der Waals surface area contributed by atoms with Gasteiger partial charge < -0.3 is 41.0 Å². The minimum absolute atomic E-state index is 0.137. The van der Waals surface area contributed by atoms with Gasteiger partial charge in [-0.15, -0.1) is 0 Å². The lowest BCUT2D eigenvalue weighted by atomic mass is 9.82. The lowest BCUT2D eigenvalue weighted by Gasteiger charge is -2.31. The number of halogens is 1. The van der Waals surface area contributed by atoms with Crippen molar-refractivity contribution >= 4 is 54.6 Å². The van der Waals surface area contributed by atoms with E-state index < -0.39 is 31.6 Å². The number of benzene rings is 4. The quantitative estimate of drug-likeness (QED) is 0.0816. The van der Waals surface area contributed by atoms with E-state index in [0.29, 0.717) is 45.1 Å². The molecule has 10 nitrogen and oxygen atoms in total. The minimum Gasteiger partial charge on any atom is -0.399 e. The number of rotatable bonds is 9. The number of ether oxygens (including phenoxy) is 1. The second-order valence-electron chi connectivity index (χ2n) is 13.3. The molecule has 4 aromatic carbocycles. The van der Waals surface area contributed by atoms with Crippen LogP contribution < -0.4 is 27.0 Å². The number of fused-ring (bicyclic) bond motifs is 2. The normalized spacial score (nSPS) is 21.5. The molecule has 2 aliphatic heterocycles. The first-order valence-electron chi connectivity index (χ1n) is 16.2. The fraction of sp³-hybridized carbons (Fsp3) is 0.270. The van der Waals surface area contributed by atoms with Crippen LogP contribution in [-0.2, 0) is 21.7 Å². The fourth-order valence-electron chi connectivity index (χ4n) is 7.28. The van der Waals surface area contributed by atoms with Gasteiger partial charge in [-0.25, -0.2) is 0 Å². The van der Waals surface area contributed by atoms with Crippen LogP contribution in [0.4, 0.5) is 32.5 Å². The summed E-state index contributed by atoms with van der Waals surface area (Å²) in [6, 6.07) is 25.5. The van der Waals surface area contributed by atoms with E-state index >= 15 is 4.11 Å². The van der Waals surface area contributed by atoms with E-state index in [4.69, 9.17) is 16.2 Å². The first kappa shape index (κ1) is 33.8. The maximum atomic E-state index is 16.0. The van der Waals surface area contributed by atoms with Crippen molar-refractivity contribution in [3.05, 3.63) is 113 Å². The number of hydrogen-bond donors (Lipinski definition) is 5. The van der Waals surface area contributed by atoms with E-state index in [-0.39, 0.29) is 37.3 Å². The van der Waals surface area contributed by atoms with Crippen molar-refractivity contribution in [2.75, 3.05) is 33.6 Å². The Bertz CT molecular complexity index is 1900. The summed E-state index contributed by atoms with van der Waals surface area (Å²) in [5.74, 6) is -1.58. The highest BCUT2D eigenvalue weighted by atomic mass is 28.4. The predicted molar refractivity (Wildman–Crippen MR) is 191 cm³/mol. The van der Waals surface area contributed by atoms with Gasteiger partial charge in [-0.05, 0) is 104 Å². The minimum atomic E-state index is -3.41. The Morgan fingerprint density at radius 1 is 0.898 bits per heavy atom. The zero-order chi connectivity index (χ0) is 35.1. The van der Waals surface area contributed by atoms with Crippen LogP contribution in [0, 0.1) is 5.92 Å². The van der Waals surface area contributed by atoms with Crippen LogP contribution in [0.2, 0.25) is 18.6 Å². The summed E-state index contributed by atoms with van der Waals surface area (Å²) in [6.45, 7) is 4.97. The SMILES string of the molecule is C[C@H]1[C@H]([Si](C)(C)F)[C@@H](CCO)O[C@]12C(=O)N(Cc1cccc(NC(=O)c3ccc(N)cc3)c1)c1ccc(NC(=O)c3ccc(N)cc3)cc12. The molecule has 1 fully saturated rings. The van der Waals surface area contributed by atoms with Crippen LogP contribution in [0.3, 0.4) is 0 Å². The van der Waals surface area contributed by atoms with Gasteiger partial charge >= 0.3 is 0 Å². The number of nitrogens with two attached hydrogens (primary N) is 2. The number of anilines is 5. The number of nitrogen functional groups attached to an aromatic ring is 2. The molecule has 7 N–H and O–H groups in total. The molecule has 1 spiro atoms. The summed E-state index contributed by atoms with van der Waals surface area (Å²) in [4.78, 5) is 42.4. The molecule has 4 aromatic rings. The molecule has 0 radical (unpaired) electrons. The van der Waals surface area contributed by atoms with Crippen molar-refractivity contribution in [1.29, 1.82) is 0 Å². The lowest BCUT2D eigenvalue weighted by molar-refractivity contribution is -0.146. The maximum absolute atomic E-state index is 16.0. The molecule has 1 saturated heterocycles. The summed E-state index contributed by atoms with van der Waals surface area (Å²) >= 11 is 0. The van der Waals surface area contributed by atoms with Gasteiger partial charge in [-0.2, -0.15) is 0 Å². The van der Waals surface area contributed by atoms with Crippen LogP contribution in [0.5, 0.6) is 0 Å². The molecule has 49 heavy (non-hydrogen) atoms. The third-order valence-corrected chi connectivity index (χ3v) is 12.0. The predicted octanol–water partition coefficient (Wildman–Crippen LogP) is 6.06. The average Bonchev–Trinajstić information content (AvgIpc) is 3.48. The molecule has 254 valence electrons. The Hall–Kier alpha value is -5.04. The largest absolute Gasteiger partial charge is 0.399 e. The Morgan fingerprint density at radius 3 is 2.02 bits per heavy atom. The number of amides is 3. The highest BCUT2D eigenvalue weighted by molar-refractivity contribution is 6.72. The number of nitrogens with one attached hydrogen (secondary N) is 2. The highest BCUT2D eigenvalue weighted by Crippen LogP contribution is 2.60. The molecule has 0 aromatic heterocycles. The van der Waals surface area contributed by atoms with Crippen molar-refractivity contribution in [2.24, 2.45) is 5.92 Å². The molecule has 3 amide bonds. The van der Waals surface area contributed by atoms with E-state index in [0.717, 1.165) is 5.56 Å². The van der Waals surface area contributed by atoms with Crippen LogP contribution >= 0.6 is 0 Å². The number of carbonyl (C=O) groups is 3. The van der Waals surface area contributed by atoms with Crippen LogP contribution in [0.25, 0.3) is 0 Å². The first-order chi connectivity index (χ1) is 23.3. The molecule has 2 heterocycles. The highest BCUT2D eigenvalue weighted by Gasteiger charge is 2.66. The van der Waals surface area contributed by atoms with Gasteiger partial charge in [-0.1, -0.05) is 19.1 Å². The van der Waals surface area contributed by atoms with Gasteiger partial charge in [0.25, 0.3) is 17.7 Å². The number of hydrogen-bond acceptors (Lipinski definition) is 7. The summed E-state index contributed by atoms with van der Waals surface area (Å²) in [7, 11) is -3.41. The molecule has 2 aliphatic rings. The van der Waals surface area contributed by atoms with Crippen molar-refractivity contribution in [3.63, 3.8) is 0 Å². The molecular formula is C37H40FN5O5Si. The second-order valence-corrected chi connectivity index (χ2v) is 17.1. The van der Waals surface area contributed by atoms with Gasteiger partial charge in [0.15, 0.2) is 5.60 Å². The third-order valence-electron chi connectivity index (χ3n) is 9.50. The molecular weight excluding hydrogens is 642 g/mol. The standard InChI is InChI=1S/C37H40FN5O5Si/c1-22-33(49(2,3)38)32(17-18-44)48-37(22)30-20-29(42-35(46)25-9-13-27(40)14-10-25)15-16-31(30)43(36(37)47)21-23-5-4-6-28(19-23)41-34(45)24-7-11-26(39)12-8-24/h4-16,19-20,22,32-33,44H,17-18,21,39-40H2,1-3H3,(H,41,45)(H,42,46)/t22-,32+,33-,37+/m0/s1. The number of carbonyl (C=O) groups excluding carboxylic acids is 3. The van der Waals surface area contributed by atoms with Crippen LogP contribution in [-0.4, -0.2) is 43.9 Å². The Kier molecular flexibility index (Phi) is 9.05. The van der Waals surface area contributed by atoms with E-state index in [1.54, 1.807) is 103 Å². The van der Waals surface area contributed by atoms with Crippen molar-refractivity contribution < 1.29 is 28.3 Å². The van der Waals surface area contributed by atoms with E-state index in [1.807, 2.05) is 13.0 Å². The summed E-state index contributed by atoms with van der Waals surface area (Å²) in [6.07, 6.45) is -0.494. The van der Waals surface area contributed by atoms with Crippen LogP contribution in [0.15, 0.2) is 91.0 Å². The summed E-state index contributed by atoms with van der Waals surface area (Å²) in [5.41, 5.74) is 14.2. The Morgan fingerprint density at radius 2 is 1.47 bits per heavy atom. The Labute approximate surface area is 285 Å². The van der Waals surface area contributed by atoms with E-state index in [9.17, 15) is 19.5 Å². The van der Waals surface area contributed by atoms with Gasteiger partial charge in [-0.3, -0.25) is 14.4 Å². The van der Waals surface area contributed by atoms with Gasteiger partial charge in [0.2, 0.25) is 8.41 Å². The molecule has 4 atom stereocenters. The number of aliphatic hydroxyl groups excluding tert-OH is 1. The molecule has 0 unspecified atom stereocenters. The number of nitrogens with zero attached hydrogens (tertiary/aromatic N) is 1. The van der Waals surface area contributed by atoms with Crippen molar-refractivity contribution in [3.8, 4) is 0 Å². The topological polar surface area (TPSA) is 160 Å². The summed E-state index contributed by atoms with van der Waals surface area (Å²) < 4.78 is 22.7. The summed E-state index contributed by atoms with van der Waals surface area (Å²) in [5, 5.41) is 15.7. The zero-order valence-corrected chi connectivity index (χ0v) is 28.6. The monoisotopic (exact) mass is 681 g/mol. The maximum Gasteiger partial charge on any atom is 0.264 e. The third kappa shape index (κ3) is 6.42. The fourth-order valence-corrected chi connectivity index (χ4v) is 9.83. The molecule has 0 bridgehead atoms. The molecule has 12 heteroatoms. The zero-order valence-electron chi connectivity index (χ0n) is 27.6. The van der Waals surface area contributed by atoms with Gasteiger partial charge in [0, 0.05) is 57.5 Å².